The van der Waals surface area contributed by atoms with Gasteiger partial charge in [0.1, 0.15) is 5.82 Å². The second kappa shape index (κ2) is 4.22. The second-order valence-corrected chi connectivity index (χ2v) is 2.52. The summed E-state index contributed by atoms with van der Waals surface area (Å²) < 4.78 is 0. The van der Waals surface area contributed by atoms with Crippen molar-refractivity contribution < 1.29 is 0 Å². The van der Waals surface area contributed by atoms with Crippen LogP contribution in [-0.4, -0.2) is 22.1 Å². The minimum atomic E-state index is 0.821. The molecular formula is C6H8BrN3. The van der Waals surface area contributed by atoms with Crippen molar-refractivity contribution in [2.45, 2.75) is 0 Å². The molecule has 0 radical (unpaired) electrons. The highest BCUT2D eigenvalue weighted by Crippen LogP contribution is 1.96. The molecule has 4 heteroatoms. The molecule has 0 spiro atoms. The van der Waals surface area contributed by atoms with Crippen molar-refractivity contribution in [3.05, 3.63) is 18.3 Å². The molecule has 1 heterocycles. The fourth-order valence-corrected chi connectivity index (χ4v) is 0.769. The van der Waals surface area contributed by atoms with Gasteiger partial charge >= 0.3 is 0 Å². The van der Waals surface area contributed by atoms with Crippen molar-refractivity contribution in [2.75, 3.05) is 17.2 Å². The minimum absolute atomic E-state index is 0.821. The van der Waals surface area contributed by atoms with Crippen LogP contribution in [0.25, 0.3) is 0 Å². The zero-order valence-corrected chi connectivity index (χ0v) is 7.00. The first-order valence-corrected chi connectivity index (χ1v) is 4.13. The molecule has 0 saturated heterocycles. The molecular weight excluding hydrogens is 194 g/mol. The summed E-state index contributed by atoms with van der Waals surface area (Å²) in [5.41, 5.74) is 0. The molecule has 0 aliphatic carbocycles. The molecule has 1 rings (SSSR count). The van der Waals surface area contributed by atoms with Gasteiger partial charge in [-0.25, -0.2) is 0 Å². The van der Waals surface area contributed by atoms with Crippen molar-refractivity contribution in [1.82, 2.24) is 10.2 Å². The molecule has 10 heavy (non-hydrogen) atoms. The number of rotatable bonds is 3. The number of nitrogens with one attached hydrogen (secondary N) is 1. The van der Waals surface area contributed by atoms with Gasteiger partial charge in [0.05, 0.1) is 0 Å². The molecule has 1 aromatic rings. The fourth-order valence-electron chi connectivity index (χ4n) is 0.571. The summed E-state index contributed by atoms with van der Waals surface area (Å²) in [6.07, 6.45) is 1.65. The monoisotopic (exact) mass is 201 g/mol. The summed E-state index contributed by atoms with van der Waals surface area (Å²) in [4.78, 5) is 0. The van der Waals surface area contributed by atoms with Crippen LogP contribution in [0.1, 0.15) is 0 Å². The van der Waals surface area contributed by atoms with Crippen molar-refractivity contribution in [3.63, 3.8) is 0 Å². The van der Waals surface area contributed by atoms with Crippen LogP contribution < -0.4 is 5.32 Å². The van der Waals surface area contributed by atoms with Gasteiger partial charge in [0.25, 0.3) is 0 Å². The Kier molecular flexibility index (Phi) is 3.15. The Balaban J connectivity index is 2.43. The van der Waals surface area contributed by atoms with Crippen LogP contribution in [0.3, 0.4) is 0 Å². The van der Waals surface area contributed by atoms with Crippen LogP contribution in [0, 0.1) is 0 Å². The molecule has 0 saturated carbocycles. The average Bonchev–Trinajstić information content (AvgIpc) is 2.03. The van der Waals surface area contributed by atoms with E-state index in [1.807, 2.05) is 12.1 Å². The quantitative estimate of drug-likeness (QED) is 0.750. The maximum atomic E-state index is 3.83. The molecule has 0 fully saturated rings. The zero-order valence-electron chi connectivity index (χ0n) is 5.42. The normalized spacial score (nSPS) is 9.30. The van der Waals surface area contributed by atoms with Crippen LogP contribution in [0.15, 0.2) is 18.3 Å². The predicted molar refractivity (Wildman–Crippen MR) is 44.3 cm³/mol. The van der Waals surface area contributed by atoms with Gasteiger partial charge in [-0.15, -0.1) is 5.10 Å². The van der Waals surface area contributed by atoms with Crippen LogP contribution in [-0.2, 0) is 0 Å². The molecule has 0 bridgehead atoms. The van der Waals surface area contributed by atoms with E-state index in [0.29, 0.717) is 0 Å². The van der Waals surface area contributed by atoms with Gasteiger partial charge in [-0.2, -0.15) is 5.10 Å². The van der Waals surface area contributed by atoms with Gasteiger partial charge in [0.2, 0.25) is 0 Å². The maximum Gasteiger partial charge on any atom is 0.148 e. The lowest BCUT2D eigenvalue weighted by Crippen LogP contribution is -2.03. The Morgan fingerprint density at radius 3 is 3.10 bits per heavy atom. The van der Waals surface area contributed by atoms with Crippen LogP contribution in [0.4, 0.5) is 5.82 Å². The summed E-state index contributed by atoms with van der Waals surface area (Å²) in [6.45, 7) is 0.874. The highest BCUT2D eigenvalue weighted by molar-refractivity contribution is 9.09. The van der Waals surface area contributed by atoms with E-state index in [1.165, 1.54) is 0 Å². The number of alkyl halides is 1. The molecule has 1 aromatic heterocycles. The van der Waals surface area contributed by atoms with Gasteiger partial charge in [-0.3, -0.25) is 0 Å². The van der Waals surface area contributed by atoms with Gasteiger partial charge in [0, 0.05) is 18.1 Å². The van der Waals surface area contributed by atoms with Gasteiger partial charge < -0.3 is 5.32 Å². The first-order valence-electron chi connectivity index (χ1n) is 3.01. The van der Waals surface area contributed by atoms with E-state index < -0.39 is 0 Å². The van der Waals surface area contributed by atoms with E-state index in [4.69, 9.17) is 0 Å². The molecule has 54 valence electrons. The number of aromatic nitrogens is 2. The maximum absolute atomic E-state index is 3.83. The average molecular weight is 202 g/mol. The Morgan fingerprint density at radius 1 is 1.60 bits per heavy atom. The first-order chi connectivity index (χ1) is 4.93. The lowest BCUT2D eigenvalue weighted by Gasteiger charge is -1.98. The number of hydrogen-bond donors (Lipinski definition) is 1. The summed E-state index contributed by atoms with van der Waals surface area (Å²) in [7, 11) is 0. The first kappa shape index (κ1) is 7.47. The smallest absolute Gasteiger partial charge is 0.148 e. The molecule has 0 aliphatic rings. The van der Waals surface area contributed by atoms with Crippen molar-refractivity contribution in [2.24, 2.45) is 0 Å². The summed E-state index contributed by atoms with van der Waals surface area (Å²) in [5.74, 6) is 0.821. The van der Waals surface area contributed by atoms with E-state index >= 15 is 0 Å². The SMILES string of the molecule is BrCCNc1cccnn1. The summed E-state index contributed by atoms with van der Waals surface area (Å²) >= 11 is 3.30. The van der Waals surface area contributed by atoms with Gasteiger partial charge in [-0.05, 0) is 12.1 Å². The molecule has 0 aliphatic heterocycles. The summed E-state index contributed by atoms with van der Waals surface area (Å²) in [6, 6.07) is 3.74. The van der Waals surface area contributed by atoms with E-state index in [1.54, 1.807) is 6.20 Å². The molecule has 0 atom stereocenters. The third kappa shape index (κ3) is 2.31. The van der Waals surface area contributed by atoms with Gasteiger partial charge in [-0.1, -0.05) is 15.9 Å². The van der Waals surface area contributed by atoms with Crippen LogP contribution in [0.2, 0.25) is 0 Å². The van der Waals surface area contributed by atoms with Crippen LogP contribution in [0.5, 0.6) is 0 Å². The molecule has 0 amide bonds. The molecule has 0 aromatic carbocycles. The topological polar surface area (TPSA) is 37.8 Å². The van der Waals surface area contributed by atoms with E-state index in [0.717, 1.165) is 17.7 Å². The lowest BCUT2D eigenvalue weighted by atomic mass is 10.5. The molecule has 0 unspecified atom stereocenters. The predicted octanol–water partition coefficient (Wildman–Crippen LogP) is 1.28. The Labute approximate surface area is 68.0 Å². The Hall–Kier alpha value is -0.640. The lowest BCUT2D eigenvalue weighted by molar-refractivity contribution is 1.01. The van der Waals surface area contributed by atoms with Crippen molar-refractivity contribution >= 4 is 21.7 Å². The van der Waals surface area contributed by atoms with Crippen LogP contribution >= 0.6 is 15.9 Å². The number of halogens is 1. The highest BCUT2D eigenvalue weighted by Gasteiger charge is 1.87. The largest absolute Gasteiger partial charge is 0.368 e. The summed E-state index contributed by atoms with van der Waals surface area (Å²) in [5, 5.41) is 11.5. The Morgan fingerprint density at radius 2 is 2.50 bits per heavy atom. The fraction of sp³-hybridized carbons (Fsp3) is 0.333. The number of nitrogens with zero attached hydrogens (tertiary/aromatic N) is 2. The Bertz CT molecular complexity index is 178. The standard InChI is InChI=1S/C6H8BrN3/c7-3-5-8-6-2-1-4-9-10-6/h1-2,4H,3,5H2,(H,8,10). The molecule has 1 N–H and O–H groups in total. The molecule has 3 nitrogen and oxygen atoms in total. The van der Waals surface area contributed by atoms with Crippen molar-refractivity contribution in [1.29, 1.82) is 0 Å². The van der Waals surface area contributed by atoms with E-state index in [2.05, 4.69) is 31.4 Å². The zero-order chi connectivity index (χ0) is 7.23. The highest BCUT2D eigenvalue weighted by atomic mass is 79.9. The third-order valence-electron chi connectivity index (χ3n) is 0.973. The second-order valence-electron chi connectivity index (χ2n) is 1.72. The van der Waals surface area contributed by atoms with Crippen molar-refractivity contribution in [3.8, 4) is 0 Å². The number of anilines is 1. The third-order valence-corrected chi connectivity index (χ3v) is 1.37. The van der Waals surface area contributed by atoms with E-state index in [-0.39, 0.29) is 0 Å². The van der Waals surface area contributed by atoms with Gasteiger partial charge in [0.15, 0.2) is 0 Å². The van der Waals surface area contributed by atoms with E-state index in [9.17, 15) is 0 Å². The number of hydrogen-bond acceptors (Lipinski definition) is 3. The minimum Gasteiger partial charge on any atom is -0.368 e.